The average Bonchev–Trinajstić information content (AvgIpc) is 3.26. The van der Waals surface area contributed by atoms with Gasteiger partial charge in [0.05, 0.1) is 11.2 Å². The zero-order chi connectivity index (χ0) is 17.2. The first-order chi connectivity index (χ1) is 12.2. The maximum absolute atomic E-state index is 5.95. The van der Waals surface area contributed by atoms with Gasteiger partial charge in [0.2, 0.25) is 5.89 Å². The molecule has 0 aliphatic carbocycles. The van der Waals surface area contributed by atoms with Crippen LogP contribution in [0.1, 0.15) is 41.5 Å². The molecule has 0 unspecified atom stereocenters. The van der Waals surface area contributed by atoms with Gasteiger partial charge in [-0.15, -0.1) is 21.5 Å². The molecule has 0 amide bonds. The van der Waals surface area contributed by atoms with Gasteiger partial charge in [0.1, 0.15) is 4.88 Å². The molecule has 3 heterocycles. The quantitative estimate of drug-likeness (QED) is 0.703. The molecule has 1 aromatic carbocycles. The summed E-state index contributed by atoms with van der Waals surface area (Å²) in [6.07, 6.45) is 2.13. The maximum Gasteiger partial charge on any atom is 0.259 e. The molecule has 1 aliphatic rings. The van der Waals surface area contributed by atoms with Crippen LogP contribution in [-0.2, 0) is 6.54 Å². The van der Waals surface area contributed by atoms with Crippen LogP contribution in [0.15, 0.2) is 34.2 Å². The van der Waals surface area contributed by atoms with Crippen LogP contribution in [0.5, 0.6) is 0 Å². The van der Waals surface area contributed by atoms with Crippen molar-refractivity contribution in [3.05, 3.63) is 52.5 Å². The van der Waals surface area contributed by atoms with E-state index in [1.807, 2.05) is 12.4 Å². The van der Waals surface area contributed by atoms with Gasteiger partial charge in [-0.05, 0) is 50.9 Å². The molecule has 2 aromatic heterocycles. The smallest absolute Gasteiger partial charge is 0.259 e. The Labute approximate surface area is 151 Å². The zero-order valence-corrected chi connectivity index (χ0v) is 15.4. The molecular weight excluding hydrogens is 332 g/mol. The van der Waals surface area contributed by atoms with Crippen LogP contribution >= 0.6 is 11.3 Å². The van der Waals surface area contributed by atoms with Crippen molar-refractivity contribution < 1.29 is 4.42 Å². The Morgan fingerprint density at radius 3 is 2.68 bits per heavy atom. The molecule has 3 aromatic rings. The number of hydrogen-bond acceptors (Lipinski definition) is 6. The van der Waals surface area contributed by atoms with Crippen molar-refractivity contribution in [1.29, 1.82) is 0 Å². The van der Waals surface area contributed by atoms with E-state index >= 15 is 0 Å². The molecule has 5 nitrogen and oxygen atoms in total. The highest BCUT2D eigenvalue weighted by Gasteiger charge is 2.26. The Morgan fingerprint density at radius 2 is 1.96 bits per heavy atom. The summed E-state index contributed by atoms with van der Waals surface area (Å²) in [5.74, 6) is 1.75. The van der Waals surface area contributed by atoms with Crippen molar-refractivity contribution in [2.75, 3.05) is 13.1 Å². The van der Waals surface area contributed by atoms with E-state index in [9.17, 15) is 0 Å². The normalized spacial score (nSPS) is 16.4. The number of aromatic nitrogens is 3. The van der Waals surface area contributed by atoms with E-state index in [0.717, 1.165) is 48.9 Å². The van der Waals surface area contributed by atoms with Gasteiger partial charge in [0.15, 0.2) is 0 Å². The van der Waals surface area contributed by atoms with E-state index < -0.39 is 0 Å². The molecule has 6 heteroatoms. The van der Waals surface area contributed by atoms with Crippen molar-refractivity contribution in [2.45, 2.75) is 39.2 Å². The molecule has 0 saturated carbocycles. The molecule has 0 spiro atoms. The lowest BCUT2D eigenvalue weighted by atomic mass is 9.96. The fourth-order valence-electron chi connectivity index (χ4n) is 3.36. The third-order valence-electron chi connectivity index (χ3n) is 4.97. The van der Waals surface area contributed by atoms with Gasteiger partial charge >= 0.3 is 0 Å². The van der Waals surface area contributed by atoms with Crippen molar-refractivity contribution in [3.8, 4) is 10.8 Å². The predicted octanol–water partition coefficient (Wildman–Crippen LogP) is 4.19. The first-order valence-corrected chi connectivity index (χ1v) is 9.59. The summed E-state index contributed by atoms with van der Waals surface area (Å²) >= 11 is 1.55. The van der Waals surface area contributed by atoms with E-state index in [1.54, 1.807) is 11.3 Å². The molecular formula is C19H22N4OS. The Balaban J connectivity index is 1.38. The maximum atomic E-state index is 5.95. The fraction of sp³-hybridized carbons (Fsp3) is 0.421. The van der Waals surface area contributed by atoms with Crippen LogP contribution in [0.2, 0.25) is 0 Å². The minimum atomic E-state index is 0.364. The highest BCUT2D eigenvalue weighted by Crippen LogP contribution is 2.32. The first-order valence-electron chi connectivity index (χ1n) is 8.71. The third kappa shape index (κ3) is 3.50. The number of piperidine rings is 1. The second-order valence-electron chi connectivity index (χ2n) is 6.69. The minimum absolute atomic E-state index is 0.364. The van der Waals surface area contributed by atoms with E-state index in [4.69, 9.17) is 4.42 Å². The van der Waals surface area contributed by atoms with Crippen LogP contribution in [0, 0.1) is 13.8 Å². The number of likely N-dealkylation sites (tertiary alicyclic amines) is 1. The summed E-state index contributed by atoms with van der Waals surface area (Å²) in [5, 5.41) is 8.54. The van der Waals surface area contributed by atoms with Crippen LogP contribution < -0.4 is 0 Å². The highest BCUT2D eigenvalue weighted by molar-refractivity contribution is 7.13. The fourth-order valence-corrected chi connectivity index (χ4v) is 4.09. The van der Waals surface area contributed by atoms with Crippen molar-refractivity contribution in [3.63, 3.8) is 0 Å². The molecule has 1 aliphatic heterocycles. The second kappa shape index (κ2) is 7.06. The average molecular weight is 354 g/mol. The number of nitrogens with zero attached hydrogens (tertiary/aromatic N) is 4. The monoisotopic (exact) mass is 354 g/mol. The van der Waals surface area contributed by atoms with E-state index in [-0.39, 0.29) is 0 Å². The number of hydrogen-bond donors (Lipinski definition) is 0. The second-order valence-corrected chi connectivity index (χ2v) is 7.54. The van der Waals surface area contributed by atoms with Gasteiger partial charge in [-0.3, -0.25) is 4.90 Å². The third-order valence-corrected chi connectivity index (χ3v) is 5.89. The van der Waals surface area contributed by atoms with E-state index in [0.29, 0.717) is 11.8 Å². The Morgan fingerprint density at radius 1 is 1.16 bits per heavy atom. The summed E-state index contributed by atoms with van der Waals surface area (Å²) in [5.41, 5.74) is 5.56. The van der Waals surface area contributed by atoms with Crippen molar-refractivity contribution in [2.24, 2.45) is 0 Å². The van der Waals surface area contributed by atoms with Crippen molar-refractivity contribution >= 4 is 11.3 Å². The van der Waals surface area contributed by atoms with Gasteiger partial charge in [-0.1, -0.05) is 24.3 Å². The Bertz CT molecular complexity index is 848. The number of benzene rings is 1. The summed E-state index contributed by atoms with van der Waals surface area (Å²) in [4.78, 5) is 7.76. The molecule has 0 bridgehead atoms. The molecule has 130 valence electrons. The van der Waals surface area contributed by atoms with Crippen LogP contribution in [0.25, 0.3) is 10.8 Å². The van der Waals surface area contributed by atoms with Crippen LogP contribution in [0.3, 0.4) is 0 Å². The van der Waals surface area contributed by atoms with Gasteiger partial charge < -0.3 is 4.42 Å². The number of thiazole rings is 1. The molecule has 1 fully saturated rings. The standard InChI is InChI=1S/C19H22N4OS/c1-13-5-3-4-6-16(13)11-23-9-7-15(8-10-23)18-21-22-19(24-18)17-14(2)20-12-25-17/h3-6,12,15H,7-11H2,1-2H3. The van der Waals surface area contributed by atoms with Gasteiger partial charge in [-0.25, -0.2) is 4.98 Å². The van der Waals surface area contributed by atoms with Gasteiger partial charge in [0.25, 0.3) is 5.89 Å². The Kier molecular flexibility index (Phi) is 4.63. The Hall–Kier alpha value is -2.05. The molecule has 0 atom stereocenters. The molecule has 4 rings (SSSR count). The minimum Gasteiger partial charge on any atom is -0.420 e. The SMILES string of the molecule is Cc1ccccc1CN1CCC(c2nnc(-c3scnc3C)o2)CC1. The summed E-state index contributed by atoms with van der Waals surface area (Å²) < 4.78 is 5.95. The summed E-state index contributed by atoms with van der Waals surface area (Å²) in [7, 11) is 0. The van der Waals surface area contributed by atoms with E-state index in [2.05, 4.69) is 51.3 Å². The number of aryl methyl sites for hydroxylation is 2. The van der Waals surface area contributed by atoms with Crippen LogP contribution in [0.4, 0.5) is 0 Å². The molecule has 1 saturated heterocycles. The van der Waals surface area contributed by atoms with Gasteiger partial charge in [-0.2, -0.15) is 0 Å². The number of rotatable bonds is 4. The lowest BCUT2D eigenvalue weighted by Crippen LogP contribution is -2.32. The summed E-state index contributed by atoms with van der Waals surface area (Å²) in [6, 6.07) is 8.63. The summed E-state index contributed by atoms with van der Waals surface area (Å²) in [6.45, 7) is 7.31. The highest BCUT2D eigenvalue weighted by atomic mass is 32.1. The zero-order valence-electron chi connectivity index (χ0n) is 14.6. The van der Waals surface area contributed by atoms with E-state index in [1.165, 1.54) is 11.1 Å². The lowest BCUT2D eigenvalue weighted by Gasteiger charge is -2.30. The lowest BCUT2D eigenvalue weighted by molar-refractivity contribution is 0.193. The first kappa shape index (κ1) is 16.4. The molecule has 0 N–H and O–H groups in total. The largest absolute Gasteiger partial charge is 0.420 e. The molecule has 25 heavy (non-hydrogen) atoms. The van der Waals surface area contributed by atoms with Gasteiger partial charge in [0, 0.05) is 12.5 Å². The van der Waals surface area contributed by atoms with Crippen LogP contribution in [-0.4, -0.2) is 33.2 Å². The predicted molar refractivity (Wildman–Crippen MR) is 98.6 cm³/mol. The molecule has 0 radical (unpaired) electrons. The van der Waals surface area contributed by atoms with Crippen molar-refractivity contribution in [1.82, 2.24) is 20.1 Å². The topological polar surface area (TPSA) is 55.1 Å².